The van der Waals surface area contributed by atoms with Gasteiger partial charge in [0.25, 0.3) is 5.91 Å². The van der Waals surface area contributed by atoms with Gasteiger partial charge in [0.15, 0.2) is 5.96 Å². The largest absolute Gasteiger partial charge is 0.480 e. The van der Waals surface area contributed by atoms with Gasteiger partial charge in [-0.05, 0) is 43.2 Å². The molecule has 2 aromatic rings. The van der Waals surface area contributed by atoms with Crippen LogP contribution in [0.4, 0.5) is 5.69 Å². The van der Waals surface area contributed by atoms with E-state index in [0.29, 0.717) is 12.1 Å². The zero-order valence-electron chi connectivity index (χ0n) is 20.7. The predicted octanol–water partition coefficient (Wildman–Crippen LogP) is -0.739. The molecule has 0 saturated carbocycles. The fourth-order valence-electron chi connectivity index (χ4n) is 3.92. The summed E-state index contributed by atoms with van der Waals surface area (Å²) in [5.74, 6) is -3.85. The highest BCUT2D eigenvalue weighted by atomic mass is 32.2. The van der Waals surface area contributed by atoms with Crippen molar-refractivity contribution in [2.45, 2.75) is 29.8 Å². The summed E-state index contributed by atoms with van der Waals surface area (Å²) in [6.45, 7) is -0.863. The first-order valence-corrected chi connectivity index (χ1v) is 13.3. The van der Waals surface area contributed by atoms with Gasteiger partial charge in [-0.3, -0.25) is 19.8 Å². The van der Waals surface area contributed by atoms with Crippen LogP contribution in [0.15, 0.2) is 59.5 Å². The van der Waals surface area contributed by atoms with Crippen molar-refractivity contribution in [2.24, 2.45) is 5.73 Å². The number of nitrogens with two attached hydrogens (primary N) is 1. The van der Waals surface area contributed by atoms with Crippen LogP contribution in [0.2, 0.25) is 0 Å². The van der Waals surface area contributed by atoms with Gasteiger partial charge in [-0.1, -0.05) is 24.3 Å². The molecule has 8 N–H and O–H groups in total. The third-order valence-corrected chi connectivity index (χ3v) is 7.71. The van der Waals surface area contributed by atoms with Crippen LogP contribution in [-0.2, 0) is 24.4 Å². The van der Waals surface area contributed by atoms with E-state index in [9.17, 15) is 32.7 Å². The number of nitrogens with one attached hydrogen (secondary N) is 5. The summed E-state index contributed by atoms with van der Waals surface area (Å²) < 4.78 is 27.0. The second-order valence-electron chi connectivity index (χ2n) is 8.59. The summed E-state index contributed by atoms with van der Waals surface area (Å²) in [6.07, 6.45) is 0.637. The number of hydrogen-bond acceptors (Lipinski definition) is 7. The number of hydrogen-bond donors (Lipinski definition) is 7. The standard InChI is InChI=1S/C24H29N7O7S/c25-24(26)29-16-7-4-6-15(12-16)21(33)28-14-20(32)27-13-18(23(35)36)30-22(34)19-10-5-11-31(19)39(37,38)17-8-2-1-3-9-17/h1-4,6-9,12,18-19H,5,10-11,13-14H2,(H,27,32)(H,28,33)(H,30,34)(H,35,36)(H4,25,26,29)/t18-,19+/m1/s1. The van der Waals surface area contributed by atoms with Gasteiger partial charge in [-0.2, -0.15) is 4.31 Å². The second kappa shape index (κ2) is 12.8. The number of sulfonamides is 1. The first kappa shape index (κ1) is 29.1. The molecular formula is C24H29N7O7S. The number of aliphatic carboxylic acids is 1. The van der Waals surface area contributed by atoms with Crippen LogP contribution in [0.25, 0.3) is 0 Å². The first-order valence-electron chi connectivity index (χ1n) is 11.8. The van der Waals surface area contributed by atoms with Gasteiger partial charge in [-0.25, -0.2) is 13.2 Å². The molecule has 1 heterocycles. The van der Waals surface area contributed by atoms with Crippen molar-refractivity contribution in [1.82, 2.24) is 20.3 Å². The van der Waals surface area contributed by atoms with Crippen molar-refractivity contribution in [3.05, 3.63) is 60.2 Å². The molecular weight excluding hydrogens is 530 g/mol. The number of rotatable bonds is 11. The Bertz CT molecular complexity index is 1350. The summed E-state index contributed by atoms with van der Waals surface area (Å²) in [5.41, 5.74) is 5.86. The Morgan fingerprint density at radius 1 is 1.08 bits per heavy atom. The van der Waals surface area contributed by atoms with Crippen molar-refractivity contribution < 1.29 is 32.7 Å². The zero-order chi connectivity index (χ0) is 28.6. The molecule has 0 spiro atoms. The molecule has 1 fully saturated rings. The molecule has 1 aliphatic rings. The second-order valence-corrected chi connectivity index (χ2v) is 10.5. The fourth-order valence-corrected chi connectivity index (χ4v) is 5.60. The average molecular weight is 560 g/mol. The van der Waals surface area contributed by atoms with E-state index in [4.69, 9.17) is 11.1 Å². The van der Waals surface area contributed by atoms with Gasteiger partial charge in [0.2, 0.25) is 21.8 Å². The minimum atomic E-state index is -3.97. The summed E-state index contributed by atoms with van der Waals surface area (Å²) in [7, 11) is -3.97. The number of carboxylic acid groups (broad SMARTS) is 1. The van der Waals surface area contributed by atoms with Crippen molar-refractivity contribution >= 4 is 45.4 Å². The van der Waals surface area contributed by atoms with Crippen LogP contribution in [-0.4, -0.2) is 79.2 Å². The number of amides is 3. The molecule has 39 heavy (non-hydrogen) atoms. The normalized spacial score (nSPS) is 16.1. The molecule has 15 heteroatoms. The quantitative estimate of drug-likeness (QED) is 0.136. The number of anilines is 1. The Hall–Kier alpha value is -4.50. The lowest BCUT2D eigenvalue weighted by Crippen LogP contribution is -2.54. The number of guanidine groups is 1. The van der Waals surface area contributed by atoms with Gasteiger partial charge < -0.3 is 32.1 Å². The predicted molar refractivity (Wildman–Crippen MR) is 140 cm³/mol. The number of carbonyl (C=O) groups is 4. The summed E-state index contributed by atoms with van der Waals surface area (Å²) in [6, 6.07) is 11.0. The maximum atomic E-state index is 13.0. The molecule has 3 amide bonds. The topological polar surface area (TPSA) is 224 Å². The molecule has 0 unspecified atom stereocenters. The number of carbonyl (C=O) groups excluding carboxylic acids is 3. The molecule has 3 rings (SSSR count). The monoisotopic (exact) mass is 559 g/mol. The van der Waals surface area contributed by atoms with Crippen LogP contribution in [0.1, 0.15) is 23.2 Å². The molecule has 0 aliphatic carbocycles. The highest BCUT2D eigenvalue weighted by Gasteiger charge is 2.40. The minimum absolute atomic E-state index is 0.0237. The van der Waals surface area contributed by atoms with Crippen molar-refractivity contribution in [3.63, 3.8) is 0 Å². The molecule has 2 atom stereocenters. The molecule has 0 aromatic heterocycles. The number of benzene rings is 2. The SMILES string of the molecule is N=C(N)Nc1cccc(C(=O)NCC(=O)NC[C@@H](NC(=O)[C@@H]2CCCN2S(=O)(=O)c2ccccc2)C(=O)O)c1. The van der Waals surface area contributed by atoms with Crippen molar-refractivity contribution in [2.75, 3.05) is 25.0 Å². The van der Waals surface area contributed by atoms with Gasteiger partial charge in [0, 0.05) is 24.3 Å². The van der Waals surface area contributed by atoms with E-state index in [-0.39, 0.29) is 29.4 Å². The van der Waals surface area contributed by atoms with E-state index in [0.717, 1.165) is 4.31 Å². The van der Waals surface area contributed by atoms with Crippen LogP contribution >= 0.6 is 0 Å². The van der Waals surface area contributed by atoms with Crippen LogP contribution < -0.4 is 27.0 Å². The molecule has 1 aliphatic heterocycles. The fraction of sp³-hybridized carbons (Fsp3) is 0.292. The third kappa shape index (κ3) is 7.75. The molecule has 1 saturated heterocycles. The summed E-state index contributed by atoms with van der Waals surface area (Å²) in [5, 5.41) is 26.3. The lowest BCUT2D eigenvalue weighted by atomic mass is 10.2. The van der Waals surface area contributed by atoms with Gasteiger partial charge in [-0.15, -0.1) is 0 Å². The highest BCUT2D eigenvalue weighted by Crippen LogP contribution is 2.26. The lowest BCUT2D eigenvalue weighted by molar-refractivity contribution is -0.142. The molecule has 0 bridgehead atoms. The van der Waals surface area contributed by atoms with Crippen LogP contribution in [0.3, 0.4) is 0 Å². The smallest absolute Gasteiger partial charge is 0.328 e. The Morgan fingerprint density at radius 2 is 1.79 bits per heavy atom. The average Bonchev–Trinajstić information content (AvgIpc) is 3.41. The minimum Gasteiger partial charge on any atom is -0.480 e. The Balaban J connectivity index is 1.54. The Kier molecular flexibility index (Phi) is 9.57. The van der Waals surface area contributed by atoms with E-state index < -0.39 is 58.9 Å². The first-order chi connectivity index (χ1) is 18.5. The van der Waals surface area contributed by atoms with Crippen molar-refractivity contribution in [1.29, 1.82) is 5.41 Å². The van der Waals surface area contributed by atoms with E-state index >= 15 is 0 Å². The molecule has 208 valence electrons. The maximum Gasteiger partial charge on any atom is 0.328 e. The zero-order valence-corrected chi connectivity index (χ0v) is 21.5. The number of nitrogens with zero attached hydrogens (tertiary/aromatic N) is 1. The summed E-state index contributed by atoms with van der Waals surface area (Å²) >= 11 is 0. The van der Waals surface area contributed by atoms with E-state index in [2.05, 4.69) is 21.3 Å². The lowest BCUT2D eigenvalue weighted by Gasteiger charge is -2.25. The van der Waals surface area contributed by atoms with Gasteiger partial charge >= 0.3 is 5.97 Å². The van der Waals surface area contributed by atoms with Crippen LogP contribution in [0, 0.1) is 5.41 Å². The van der Waals surface area contributed by atoms with E-state index in [1.165, 1.54) is 24.3 Å². The van der Waals surface area contributed by atoms with Gasteiger partial charge in [0.05, 0.1) is 11.4 Å². The van der Waals surface area contributed by atoms with Gasteiger partial charge in [0.1, 0.15) is 12.1 Å². The number of carboxylic acids is 1. The Morgan fingerprint density at radius 3 is 2.46 bits per heavy atom. The molecule has 14 nitrogen and oxygen atoms in total. The summed E-state index contributed by atoms with van der Waals surface area (Å²) in [4.78, 5) is 49.2. The highest BCUT2D eigenvalue weighted by molar-refractivity contribution is 7.89. The Labute approximate surface area is 224 Å². The van der Waals surface area contributed by atoms with E-state index in [1.807, 2.05) is 0 Å². The maximum absolute atomic E-state index is 13.0. The van der Waals surface area contributed by atoms with E-state index in [1.54, 1.807) is 30.3 Å². The van der Waals surface area contributed by atoms with Crippen molar-refractivity contribution in [3.8, 4) is 0 Å². The third-order valence-electron chi connectivity index (χ3n) is 5.79. The molecule has 2 aromatic carbocycles. The molecule has 0 radical (unpaired) electrons. The van der Waals surface area contributed by atoms with Crippen LogP contribution in [0.5, 0.6) is 0 Å².